The summed E-state index contributed by atoms with van der Waals surface area (Å²) in [5, 5.41) is 6.48. The Bertz CT molecular complexity index is 2290. The van der Waals surface area contributed by atoms with E-state index in [1.807, 2.05) is 12.4 Å². The molecule has 2 aliphatic heterocycles. The van der Waals surface area contributed by atoms with Gasteiger partial charge in [-0.15, -0.1) is 0 Å². The van der Waals surface area contributed by atoms with Gasteiger partial charge in [-0.25, -0.2) is 0 Å². The van der Waals surface area contributed by atoms with Crippen molar-refractivity contribution in [3.05, 3.63) is 113 Å². The number of fused-ring (bicyclic) bond motifs is 4. The lowest BCUT2D eigenvalue weighted by atomic mass is 9.82. The third-order valence-electron chi connectivity index (χ3n) is 14.4. The van der Waals surface area contributed by atoms with Crippen LogP contribution >= 0.6 is 0 Å². The van der Waals surface area contributed by atoms with Gasteiger partial charge in [0, 0.05) is 58.2 Å². The van der Waals surface area contributed by atoms with Gasteiger partial charge >= 0.3 is 0 Å². The van der Waals surface area contributed by atoms with Crippen LogP contribution in [0.3, 0.4) is 0 Å². The van der Waals surface area contributed by atoms with E-state index in [0.29, 0.717) is 41.5 Å². The molecule has 4 heteroatoms. The molecule has 1 saturated heterocycles. The lowest BCUT2D eigenvalue weighted by Gasteiger charge is -2.22. The Morgan fingerprint density at radius 1 is 0.556 bits per heavy atom. The summed E-state index contributed by atoms with van der Waals surface area (Å²) >= 11 is 0. The summed E-state index contributed by atoms with van der Waals surface area (Å²) in [6.07, 6.45) is 9.21. The summed E-state index contributed by atoms with van der Waals surface area (Å²) in [5.41, 5.74) is 13.7. The number of H-pyrrole nitrogens is 1. The minimum atomic E-state index is 0.518. The fourth-order valence-electron chi connectivity index (χ4n) is 10.2. The maximum absolute atomic E-state index is 4.42. The minimum absolute atomic E-state index is 0.518. The van der Waals surface area contributed by atoms with Crippen molar-refractivity contribution in [3.63, 3.8) is 0 Å². The molecule has 2 aliphatic carbocycles. The highest BCUT2D eigenvalue weighted by Crippen LogP contribution is 2.45. The third kappa shape index (κ3) is 12.1. The van der Waals surface area contributed by atoms with Crippen LogP contribution in [0.15, 0.2) is 79.3 Å². The smallest absolute Gasteiger partial charge is 0.0705 e. The Hall–Kier alpha value is -3.89. The van der Waals surface area contributed by atoms with Crippen molar-refractivity contribution in [2.45, 2.75) is 185 Å². The van der Waals surface area contributed by atoms with Crippen molar-refractivity contribution in [1.29, 1.82) is 0 Å². The van der Waals surface area contributed by atoms with Crippen LogP contribution in [0, 0.1) is 29.6 Å². The summed E-state index contributed by atoms with van der Waals surface area (Å²) in [6, 6.07) is 23.9. The van der Waals surface area contributed by atoms with Gasteiger partial charge in [0.05, 0.1) is 5.52 Å². The lowest BCUT2D eigenvalue weighted by Crippen LogP contribution is -2.22. The van der Waals surface area contributed by atoms with Crippen molar-refractivity contribution >= 4 is 21.8 Å². The molecule has 0 bridgehead atoms. The van der Waals surface area contributed by atoms with Gasteiger partial charge in [0.1, 0.15) is 0 Å². The van der Waals surface area contributed by atoms with Gasteiger partial charge in [-0.1, -0.05) is 123 Å². The number of nitrogens with one attached hydrogen (secondary N) is 2. The van der Waals surface area contributed by atoms with Crippen LogP contribution in [-0.2, 0) is 0 Å². The van der Waals surface area contributed by atoms with Crippen molar-refractivity contribution in [3.8, 4) is 11.3 Å². The molecule has 1 saturated carbocycles. The number of aromatic amines is 1. The van der Waals surface area contributed by atoms with E-state index in [9.17, 15) is 0 Å². The van der Waals surface area contributed by atoms with Gasteiger partial charge in [-0.2, -0.15) is 0 Å². The predicted octanol–water partition coefficient (Wildman–Crippen LogP) is 17.2. The maximum Gasteiger partial charge on any atom is 0.0705 e. The fraction of sp³-hybridized carbons (Fsp3) is 0.576. The Morgan fingerprint density at radius 3 is 1.71 bits per heavy atom. The number of benzene rings is 2. The van der Waals surface area contributed by atoms with Crippen LogP contribution in [0.1, 0.15) is 212 Å². The molecule has 4 atom stereocenters. The van der Waals surface area contributed by atoms with Crippen molar-refractivity contribution in [2.24, 2.45) is 29.6 Å². The van der Waals surface area contributed by atoms with Gasteiger partial charge in [0.25, 0.3) is 0 Å². The van der Waals surface area contributed by atoms with Crippen LogP contribution < -0.4 is 5.32 Å². The zero-order valence-electron chi connectivity index (χ0n) is 43.0. The molecule has 0 spiro atoms. The Balaban J connectivity index is 0.000000159. The van der Waals surface area contributed by atoms with Crippen LogP contribution in [0.25, 0.3) is 33.1 Å². The first-order valence-corrected chi connectivity index (χ1v) is 25.1. The number of nitrogens with zero attached hydrogens (tertiary/aromatic N) is 2. The lowest BCUT2D eigenvalue weighted by molar-refractivity contribution is 0.282. The van der Waals surface area contributed by atoms with E-state index in [-0.39, 0.29) is 0 Å². The van der Waals surface area contributed by atoms with Gasteiger partial charge in [-0.05, 0) is 180 Å². The first-order chi connectivity index (χ1) is 29.7. The van der Waals surface area contributed by atoms with Crippen LogP contribution in [0.5, 0.6) is 0 Å². The molecule has 2 N–H and O–H groups in total. The Labute approximate surface area is 385 Å². The Kier molecular flexibility index (Phi) is 17.4. The zero-order valence-corrected chi connectivity index (χ0v) is 43.0. The molecule has 4 nitrogen and oxygen atoms in total. The predicted molar refractivity (Wildman–Crippen MR) is 277 cm³/mol. The highest BCUT2D eigenvalue weighted by Gasteiger charge is 2.44. The molecule has 344 valence electrons. The SMILES string of the molecule is CC(C)C1CC2NCC(C(C)C)C2C1.CC(C)c1cc2[nH]ccc(C(C)C)c-2c1.CC(C)c1ccc2c(c1)c(C(C)C)cn2C(C)C.CC(C)c1ccc2nccc(C(C)C)c2c1. The third-order valence-corrected chi connectivity index (χ3v) is 14.4. The van der Waals surface area contributed by atoms with Gasteiger partial charge < -0.3 is 14.9 Å². The first kappa shape index (κ1) is 50.1. The monoisotopic (exact) mass is 853 g/mol. The number of hydrogen-bond donors (Lipinski definition) is 2. The summed E-state index contributed by atoms with van der Waals surface area (Å²) in [4.78, 5) is 7.75. The summed E-state index contributed by atoms with van der Waals surface area (Å²) in [6.45, 7) is 42.3. The molecule has 0 radical (unpaired) electrons. The average Bonchev–Trinajstić information content (AvgIpc) is 4.03. The summed E-state index contributed by atoms with van der Waals surface area (Å²) in [7, 11) is 0. The molecule has 8 rings (SSSR count). The van der Waals surface area contributed by atoms with E-state index < -0.39 is 0 Å². The molecule has 4 aliphatic rings. The number of rotatable bonds is 9. The molecule has 0 amide bonds. The van der Waals surface area contributed by atoms with Crippen LogP contribution in [0.4, 0.5) is 0 Å². The first-order valence-electron chi connectivity index (χ1n) is 25.1. The maximum atomic E-state index is 4.42. The molecule has 4 heterocycles. The molecular formula is C59H88N4. The van der Waals surface area contributed by atoms with E-state index in [2.05, 4.69) is 211 Å². The van der Waals surface area contributed by atoms with Crippen LogP contribution in [0.2, 0.25) is 0 Å². The fourth-order valence-corrected chi connectivity index (χ4v) is 10.2. The topological polar surface area (TPSA) is 45.6 Å². The normalized spacial score (nSPS) is 18.7. The molecule has 63 heavy (non-hydrogen) atoms. The van der Waals surface area contributed by atoms with Gasteiger partial charge in [0.15, 0.2) is 0 Å². The highest BCUT2D eigenvalue weighted by molar-refractivity contribution is 5.86. The second-order valence-electron chi connectivity index (χ2n) is 22.1. The Morgan fingerprint density at radius 2 is 1.16 bits per heavy atom. The highest BCUT2D eigenvalue weighted by atomic mass is 15.0. The molecule has 2 aromatic carbocycles. The van der Waals surface area contributed by atoms with Crippen molar-refractivity contribution in [2.75, 3.05) is 6.54 Å². The van der Waals surface area contributed by atoms with E-state index >= 15 is 0 Å². The van der Waals surface area contributed by atoms with E-state index in [4.69, 9.17) is 0 Å². The second-order valence-corrected chi connectivity index (χ2v) is 22.1. The van der Waals surface area contributed by atoms with E-state index in [1.165, 1.54) is 80.3 Å². The number of hydrogen-bond acceptors (Lipinski definition) is 2. The quantitative estimate of drug-likeness (QED) is 0.152. The number of aromatic nitrogens is 3. The largest absolute Gasteiger partial charge is 0.361 e. The second kappa shape index (κ2) is 21.9. The van der Waals surface area contributed by atoms with E-state index in [1.54, 1.807) is 0 Å². The minimum Gasteiger partial charge on any atom is -0.361 e. The van der Waals surface area contributed by atoms with Gasteiger partial charge in [-0.3, -0.25) is 4.98 Å². The molecule has 2 fully saturated rings. The standard InChI is InChI=1S/C17H25N.C15H19N.C14H19N.C13H25N/c1-11(2)14-7-8-17-15(9-14)16(12(3)4)10-18(17)13(5)6;1-10(2)12-5-6-15-14(9-12)13(11(3)4)7-8-16-15;1-9(2)11-7-13-12(10(3)4)5-6-15-14(13)8-11;1-8(2)10-5-11-12(9(3)4)7-14-13(11)6-10/h7-13H,1-6H3;5-11H,1-4H3;5-10,15H,1-4H3;8-14H,5-7H2,1-4H3. The summed E-state index contributed by atoms with van der Waals surface area (Å²) in [5.74, 6) is 8.16. The number of pyridine rings is 2. The molecule has 2 aromatic heterocycles. The van der Waals surface area contributed by atoms with Crippen LogP contribution in [-0.4, -0.2) is 27.1 Å². The molecule has 4 aromatic rings. The molecular weight excluding hydrogens is 765 g/mol. The van der Waals surface area contributed by atoms with Gasteiger partial charge in [0.2, 0.25) is 0 Å². The van der Waals surface area contributed by atoms with E-state index in [0.717, 1.165) is 41.1 Å². The molecule has 4 unspecified atom stereocenters. The average molecular weight is 853 g/mol. The van der Waals surface area contributed by atoms with Crippen molar-refractivity contribution < 1.29 is 0 Å². The van der Waals surface area contributed by atoms with Crippen molar-refractivity contribution in [1.82, 2.24) is 19.9 Å². The zero-order chi connectivity index (χ0) is 46.4. The summed E-state index contributed by atoms with van der Waals surface area (Å²) < 4.78 is 2.40.